The van der Waals surface area contributed by atoms with Gasteiger partial charge in [0.25, 0.3) is 0 Å². The fraction of sp³-hybridized carbons (Fsp3) is 0.400. The number of rotatable bonds is 1. The van der Waals surface area contributed by atoms with Gasteiger partial charge < -0.3 is 9.64 Å². The van der Waals surface area contributed by atoms with Crippen LogP contribution in [0.4, 0.5) is 5.82 Å². The van der Waals surface area contributed by atoms with Gasteiger partial charge in [-0.25, -0.2) is 4.98 Å². The fourth-order valence-corrected chi connectivity index (χ4v) is 2.50. The second-order valence-electron chi connectivity index (χ2n) is 4.94. The summed E-state index contributed by atoms with van der Waals surface area (Å²) in [5.74, 6) is 1.06. The van der Waals surface area contributed by atoms with E-state index >= 15 is 0 Å². The molecule has 0 radical (unpaired) electrons. The Kier molecular flexibility index (Phi) is 2.92. The molecule has 0 spiro atoms. The molecule has 1 fully saturated rings. The smallest absolute Gasteiger partial charge is 0.129 e. The molecule has 18 heavy (non-hydrogen) atoms. The lowest BCUT2D eigenvalue weighted by molar-refractivity contribution is 0.0529. The molecule has 2 aromatic rings. The molecule has 0 bridgehead atoms. The van der Waals surface area contributed by atoms with E-state index in [4.69, 9.17) is 9.72 Å². The summed E-state index contributed by atoms with van der Waals surface area (Å²) in [6.45, 7) is 6.87. The highest BCUT2D eigenvalue weighted by Gasteiger charge is 2.18. The molecule has 1 atom stereocenters. The molecule has 94 valence electrons. The maximum atomic E-state index is 5.57. The number of aryl methyl sites for hydroxylation is 1. The minimum absolute atomic E-state index is 0.286. The number of anilines is 1. The van der Waals surface area contributed by atoms with Crippen LogP contribution in [0.2, 0.25) is 0 Å². The summed E-state index contributed by atoms with van der Waals surface area (Å²) in [6, 6.07) is 10.6. The Bertz CT molecular complexity index is 567. The molecular weight excluding hydrogens is 224 g/mol. The Morgan fingerprint density at radius 3 is 3.00 bits per heavy atom. The van der Waals surface area contributed by atoms with E-state index in [0.29, 0.717) is 0 Å². The van der Waals surface area contributed by atoms with E-state index in [1.807, 2.05) is 0 Å². The van der Waals surface area contributed by atoms with Crippen molar-refractivity contribution in [2.24, 2.45) is 0 Å². The Morgan fingerprint density at radius 1 is 1.28 bits per heavy atom. The lowest BCUT2D eigenvalue weighted by Crippen LogP contribution is -2.41. The Morgan fingerprint density at radius 2 is 2.17 bits per heavy atom. The Hall–Kier alpha value is -1.61. The van der Waals surface area contributed by atoms with Crippen molar-refractivity contribution in [2.75, 3.05) is 24.6 Å². The molecule has 1 aliphatic rings. The predicted molar refractivity (Wildman–Crippen MR) is 74.1 cm³/mol. The minimum atomic E-state index is 0.286. The van der Waals surface area contributed by atoms with Gasteiger partial charge in [0, 0.05) is 18.5 Å². The lowest BCUT2D eigenvalue weighted by Gasteiger charge is -2.32. The van der Waals surface area contributed by atoms with Crippen LogP contribution in [-0.4, -0.2) is 30.8 Å². The van der Waals surface area contributed by atoms with Crippen molar-refractivity contribution in [3.8, 4) is 0 Å². The quantitative estimate of drug-likeness (QED) is 0.769. The number of hydrogen-bond donors (Lipinski definition) is 0. The van der Waals surface area contributed by atoms with Crippen LogP contribution in [0.5, 0.6) is 0 Å². The number of ether oxygens (including phenoxy) is 1. The summed E-state index contributed by atoms with van der Waals surface area (Å²) in [5, 5.41) is 1.24. The summed E-state index contributed by atoms with van der Waals surface area (Å²) in [4.78, 5) is 7.07. The van der Waals surface area contributed by atoms with Crippen molar-refractivity contribution in [1.82, 2.24) is 4.98 Å². The van der Waals surface area contributed by atoms with E-state index in [1.165, 1.54) is 10.9 Å². The zero-order chi connectivity index (χ0) is 12.5. The normalized spacial score (nSPS) is 20.3. The summed E-state index contributed by atoms with van der Waals surface area (Å²) >= 11 is 0. The number of benzene rings is 1. The number of nitrogens with zero attached hydrogens (tertiary/aromatic N) is 2. The predicted octanol–water partition coefficient (Wildman–Crippen LogP) is 2.77. The van der Waals surface area contributed by atoms with Crippen LogP contribution in [0.1, 0.15) is 12.5 Å². The summed E-state index contributed by atoms with van der Waals surface area (Å²) < 4.78 is 5.57. The van der Waals surface area contributed by atoms with Gasteiger partial charge in [0.2, 0.25) is 0 Å². The highest BCUT2D eigenvalue weighted by molar-refractivity contribution is 5.83. The molecule has 0 amide bonds. The first-order chi connectivity index (χ1) is 8.74. The number of aromatic nitrogens is 1. The van der Waals surface area contributed by atoms with E-state index in [2.05, 4.69) is 49.1 Å². The third-order valence-electron chi connectivity index (χ3n) is 3.50. The number of pyridine rings is 1. The van der Waals surface area contributed by atoms with E-state index < -0.39 is 0 Å². The lowest BCUT2D eigenvalue weighted by atomic mass is 10.1. The molecule has 1 unspecified atom stereocenters. The van der Waals surface area contributed by atoms with Crippen LogP contribution in [0.3, 0.4) is 0 Å². The maximum absolute atomic E-state index is 5.57. The molecule has 0 aliphatic carbocycles. The number of morpholine rings is 1. The van der Waals surface area contributed by atoms with Crippen molar-refractivity contribution >= 4 is 16.7 Å². The van der Waals surface area contributed by atoms with E-state index in [9.17, 15) is 0 Å². The fourth-order valence-electron chi connectivity index (χ4n) is 2.50. The molecule has 2 heterocycles. The van der Waals surface area contributed by atoms with Gasteiger partial charge in [-0.15, -0.1) is 0 Å². The van der Waals surface area contributed by atoms with Crippen molar-refractivity contribution < 1.29 is 4.74 Å². The van der Waals surface area contributed by atoms with E-state index in [1.54, 1.807) is 0 Å². The molecule has 3 heteroatoms. The molecular formula is C15H18N2O. The summed E-state index contributed by atoms with van der Waals surface area (Å²) in [6.07, 6.45) is 0.286. The van der Waals surface area contributed by atoms with Gasteiger partial charge in [-0.3, -0.25) is 0 Å². The molecule has 3 nitrogen and oxygen atoms in total. The molecule has 0 N–H and O–H groups in total. The second-order valence-corrected chi connectivity index (χ2v) is 4.94. The largest absolute Gasteiger partial charge is 0.375 e. The standard InChI is InChI=1S/C15H18N2O/c1-11-4-3-5-14-13(11)6-7-15(16-14)17-8-9-18-12(2)10-17/h3-7,12H,8-10H2,1-2H3. The van der Waals surface area contributed by atoms with Crippen LogP contribution in [0.15, 0.2) is 30.3 Å². The van der Waals surface area contributed by atoms with E-state index in [-0.39, 0.29) is 6.10 Å². The number of fused-ring (bicyclic) bond motifs is 1. The first kappa shape index (κ1) is 11.5. The monoisotopic (exact) mass is 242 g/mol. The van der Waals surface area contributed by atoms with Gasteiger partial charge >= 0.3 is 0 Å². The van der Waals surface area contributed by atoms with Crippen LogP contribution < -0.4 is 4.90 Å². The zero-order valence-electron chi connectivity index (χ0n) is 10.9. The van der Waals surface area contributed by atoms with Gasteiger partial charge in [0.15, 0.2) is 0 Å². The Balaban J connectivity index is 1.98. The average Bonchev–Trinajstić information content (AvgIpc) is 2.39. The van der Waals surface area contributed by atoms with Crippen LogP contribution in [-0.2, 0) is 4.74 Å². The zero-order valence-corrected chi connectivity index (χ0v) is 10.9. The molecule has 3 rings (SSSR count). The van der Waals surface area contributed by atoms with Crippen LogP contribution in [0, 0.1) is 6.92 Å². The average molecular weight is 242 g/mol. The molecule has 0 saturated carbocycles. The van der Waals surface area contributed by atoms with Gasteiger partial charge in [0.1, 0.15) is 5.82 Å². The van der Waals surface area contributed by atoms with Gasteiger partial charge in [-0.05, 0) is 37.6 Å². The Labute approximate surface area is 107 Å². The molecule has 1 aromatic heterocycles. The molecule has 1 aromatic carbocycles. The SMILES string of the molecule is Cc1cccc2nc(N3CCOC(C)C3)ccc12. The van der Waals surface area contributed by atoms with E-state index in [0.717, 1.165) is 31.0 Å². The molecule has 1 saturated heterocycles. The van der Waals surface area contributed by atoms with Crippen molar-refractivity contribution in [1.29, 1.82) is 0 Å². The first-order valence-electron chi connectivity index (χ1n) is 6.47. The summed E-state index contributed by atoms with van der Waals surface area (Å²) in [7, 11) is 0. The second kappa shape index (κ2) is 4.58. The maximum Gasteiger partial charge on any atom is 0.129 e. The van der Waals surface area contributed by atoms with Gasteiger partial charge in [-0.2, -0.15) is 0 Å². The van der Waals surface area contributed by atoms with Crippen LogP contribution in [0.25, 0.3) is 10.9 Å². The van der Waals surface area contributed by atoms with Crippen molar-refractivity contribution in [3.63, 3.8) is 0 Å². The van der Waals surface area contributed by atoms with Crippen molar-refractivity contribution in [3.05, 3.63) is 35.9 Å². The highest BCUT2D eigenvalue weighted by atomic mass is 16.5. The topological polar surface area (TPSA) is 25.4 Å². The number of hydrogen-bond acceptors (Lipinski definition) is 3. The molecule has 1 aliphatic heterocycles. The van der Waals surface area contributed by atoms with Gasteiger partial charge in [0.05, 0.1) is 18.2 Å². The third kappa shape index (κ3) is 2.06. The minimum Gasteiger partial charge on any atom is -0.375 e. The van der Waals surface area contributed by atoms with Gasteiger partial charge in [-0.1, -0.05) is 12.1 Å². The highest BCUT2D eigenvalue weighted by Crippen LogP contribution is 2.22. The third-order valence-corrected chi connectivity index (χ3v) is 3.50. The van der Waals surface area contributed by atoms with Crippen LogP contribution >= 0.6 is 0 Å². The summed E-state index contributed by atoms with van der Waals surface area (Å²) in [5.41, 5.74) is 2.36. The van der Waals surface area contributed by atoms with Crippen molar-refractivity contribution in [2.45, 2.75) is 20.0 Å². The first-order valence-corrected chi connectivity index (χ1v) is 6.47.